The minimum Gasteiger partial charge on any atom is -0.310 e. The molecule has 0 atom stereocenters. The predicted molar refractivity (Wildman–Crippen MR) is 19.7 cm³/mol. The zero-order valence-corrected chi connectivity index (χ0v) is 12.6. The summed E-state index contributed by atoms with van der Waals surface area (Å²) in [6.45, 7) is 0. The van der Waals surface area contributed by atoms with Gasteiger partial charge in [0.2, 0.25) is 0 Å². The Bertz CT molecular complexity index is 33.0. The van der Waals surface area contributed by atoms with Crippen molar-refractivity contribution in [2.45, 2.75) is 0 Å². The Kier molecular flexibility index (Phi) is 88.7. The van der Waals surface area contributed by atoms with Crippen LogP contribution in [0.2, 0.25) is 0 Å². The molecule has 0 fully saturated rings. The number of hydrogen-bond acceptors (Lipinski definition) is 2. The average Bonchev–Trinajstić information content (AvgIpc) is 1.39. The Morgan fingerprint density at radius 2 is 0.875 bits per heavy atom. The quantitative estimate of drug-likeness (QED) is 0.306. The fourth-order valence-electron chi connectivity index (χ4n) is 0. The van der Waals surface area contributed by atoms with Crippen LogP contribution in [-0.4, -0.2) is 9.79 Å². The molecule has 0 bridgehead atoms. The van der Waals surface area contributed by atoms with Crippen LogP contribution in [0.5, 0.6) is 0 Å². The summed E-state index contributed by atoms with van der Waals surface area (Å²) in [7, 11) is -1.67. The molecule has 0 saturated heterocycles. The van der Waals surface area contributed by atoms with Crippen LogP contribution >= 0.6 is 17.4 Å². The van der Waals surface area contributed by atoms with Gasteiger partial charge in [-0.1, -0.05) is 0 Å². The molecule has 0 aliphatic heterocycles. The summed E-state index contributed by atoms with van der Waals surface area (Å²) >= 11 is 0. The van der Waals surface area contributed by atoms with E-state index >= 15 is 0 Å². The van der Waals surface area contributed by atoms with E-state index in [1.807, 2.05) is 0 Å². The molecule has 0 aromatic rings. The van der Waals surface area contributed by atoms with Crippen LogP contribution in [0.1, 0.15) is 0 Å². The van der Waals surface area contributed by atoms with Crippen molar-refractivity contribution in [3.05, 3.63) is 0 Å². The molecule has 0 aliphatic carbocycles. The van der Waals surface area contributed by atoms with Gasteiger partial charge in [0.15, 0.2) is 0 Å². The first-order chi connectivity index (χ1) is 2.83. The minimum atomic E-state index is -0.833. The van der Waals surface area contributed by atoms with E-state index in [1.165, 1.54) is 0 Å². The number of rotatable bonds is 0. The Labute approximate surface area is 135 Å². The average molecular weight is 206 g/mol. The first-order valence-corrected chi connectivity index (χ1v) is 2.30. The predicted octanol–water partition coefficient (Wildman–Crippen LogP) is -5.62. The molecule has 2 N–H and O–H groups in total. The van der Waals surface area contributed by atoms with Crippen molar-refractivity contribution in [3.63, 3.8) is 0 Å². The molecule has 0 aliphatic rings. The largest absolute Gasteiger partial charge is 1.00 e. The molecule has 0 unspecified atom stereocenters. The fourth-order valence-corrected chi connectivity index (χ4v) is 0. The maximum Gasteiger partial charge on any atom is 1.00 e. The summed E-state index contributed by atoms with van der Waals surface area (Å²) in [5.74, 6) is 0. The van der Waals surface area contributed by atoms with Gasteiger partial charge in [-0.05, 0) is 0 Å². The van der Waals surface area contributed by atoms with E-state index in [0.717, 1.165) is 0 Å². The molecule has 0 radical (unpaired) electrons. The second-order valence-electron chi connectivity index (χ2n) is 0.163. The topological polar surface area (TPSA) is 74.6 Å². The Balaban J connectivity index is -0.0000000160. The molecule has 0 heterocycles. The fraction of sp³-hybridized carbons (Fsp3) is 0. The van der Waals surface area contributed by atoms with Gasteiger partial charge in [0.1, 0.15) is 0 Å². The Morgan fingerprint density at radius 1 is 0.875 bits per heavy atom. The molecule has 8 heavy (non-hydrogen) atoms. The standard InChI is InChI=1S/2K.2HO2P/c;;2*1-3-2/h;;2*(H,1,2)/q2*+1;;. The molecule has 8 heteroatoms. The van der Waals surface area contributed by atoms with Gasteiger partial charge in [-0.3, -0.25) is 0 Å². The zero-order valence-electron chi connectivity index (χ0n) is 4.61. The minimum absolute atomic E-state index is 0. The molecular weight excluding hydrogens is 204 g/mol. The van der Waals surface area contributed by atoms with Crippen molar-refractivity contribution >= 4 is 17.4 Å². The van der Waals surface area contributed by atoms with Crippen molar-refractivity contribution in [1.29, 1.82) is 0 Å². The van der Waals surface area contributed by atoms with Crippen molar-refractivity contribution in [3.8, 4) is 0 Å². The van der Waals surface area contributed by atoms with Crippen LogP contribution in [0.4, 0.5) is 0 Å². The van der Waals surface area contributed by atoms with Crippen LogP contribution in [0.15, 0.2) is 0 Å². The van der Waals surface area contributed by atoms with Gasteiger partial charge in [0.05, 0.1) is 0 Å². The maximum atomic E-state index is 8.46. The van der Waals surface area contributed by atoms with Crippen molar-refractivity contribution < 1.29 is 122 Å². The van der Waals surface area contributed by atoms with Gasteiger partial charge < -0.3 is 9.79 Å². The van der Waals surface area contributed by atoms with Crippen LogP contribution in [0, 0.1) is 0 Å². The van der Waals surface area contributed by atoms with Crippen molar-refractivity contribution in [1.82, 2.24) is 0 Å². The third kappa shape index (κ3) is 57.5. The summed E-state index contributed by atoms with van der Waals surface area (Å²) in [6.07, 6.45) is 0. The van der Waals surface area contributed by atoms with E-state index in [9.17, 15) is 0 Å². The first kappa shape index (κ1) is 22.5. The van der Waals surface area contributed by atoms with E-state index in [0.29, 0.717) is 0 Å². The molecule has 4 nitrogen and oxygen atoms in total. The van der Waals surface area contributed by atoms with E-state index in [4.69, 9.17) is 18.9 Å². The SMILES string of the molecule is O=PO.O=PO.[K+].[K+]. The third-order valence-electron chi connectivity index (χ3n) is 0. The van der Waals surface area contributed by atoms with E-state index in [1.54, 1.807) is 0 Å². The molecule has 0 aromatic carbocycles. The van der Waals surface area contributed by atoms with Crippen molar-refractivity contribution in [2.75, 3.05) is 0 Å². The van der Waals surface area contributed by atoms with Gasteiger partial charge >= 0.3 is 120 Å². The summed E-state index contributed by atoms with van der Waals surface area (Å²) in [6, 6.07) is 0. The molecular formula is H2K2O4P2+2. The smallest absolute Gasteiger partial charge is 0.310 e. The van der Waals surface area contributed by atoms with Gasteiger partial charge in [-0.15, -0.1) is 0 Å². The molecule has 0 rings (SSSR count). The summed E-state index contributed by atoms with van der Waals surface area (Å²) < 4.78 is 16.9. The molecule has 0 amide bonds. The first-order valence-electron chi connectivity index (χ1n) is 0.765. The molecule has 0 aromatic heterocycles. The Hall–Kier alpha value is 3.39. The summed E-state index contributed by atoms with van der Waals surface area (Å²) in [5.41, 5.74) is 0. The summed E-state index contributed by atoms with van der Waals surface area (Å²) in [5, 5.41) is 0. The van der Waals surface area contributed by atoms with E-state index in [2.05, 4.69) is 0 Å². The summed E-state index contributed by atoms with van der Waals surface area (Å²) in [4.78, 5) is 14.0. The van der Waals surface area contributed by atoms with Gasteiger partial charge in [0, 0.05) is 0 Å². The van der Waals surface area contributed by atoms with Gasteiger partial charge in [-0.25, -0.2) is 9.13 Å². The van der Waals surface area contributed by atoms with Gasteiger partial charge in [-0.2, -0.15) is 0 Å². The third-order valence-corrected chi connectivity index (χ3v) is 0. The normalized spacial score (nSPS) is 5.25. The van der Waals surface area contributed by atoms with Crippen LogP contribution < -0.4 is 103 Å². The molecule has 0 spiro atoms. The zero-order chi connectivity index (χ0) is 5.41. The number of hydrogen-bond donors (Lipinski definition) is 2. The van der Waals surface area contributed by atoms with Crippen LogP contribution in [-0.2, 0) is 9.13 Å². The Morgan fingerprint density at radius 3 is 0.875 bits per heavy atom. The molecule has 0 saturated carbocycles. The second kappa shape index (κ2) is 31.5. The van der Waals surface area contributed by atoms with E-state index in [-0.39, 0.29) is 103 Å². The monoisotopic (exact) mass is 206 g/mol. The molecule has 36 valence electrons. The van der Waals surface area contributed by atoms with Crippen LogP contribution in [0.25, 0.3) is 0 Å². The van der Waals surface area contributed by atoms with Gasteiger partial charge in [0.25, 0.3) is 0 Å². The van der Waals surface area contributed by atoms with E-state index < -0.39 is 17.4 Å². The second-order valence-corrected chi connectivity index (χ2v) is 0.490. The maximum absolute atomic E-state index is 8.46. The van der Waals surface area contributed by atoms with Crippen molar-refractivity contribution in [2.24, 2.45) is 0 Å². The van der Waals surface area contributed by atoms with Crippen LogP contribution in [0.3, 0.4) is 0 Å².